The van der Waals surface area contributed by atoms with Gasteiger partial charge in [-0.05, 0) is 67.0 Å². The number of hydrogen-bond acceptors (Lipinski definition) is 3. The number of hydrogen-bond donors (Lipinski definition) is 1. The van der Waals surface area contributed by atoms with Crippen LogP contribution in [0.15, 0.2) is 36.4 Å². The van der Waals surface area contributed by atoms with Crippen molar-refractivity contribution in [2.24, 2.45) is 5.92 Å². The normalized spacial score (nSPS) is 25.7. The lowest BCUT2D eigenvalue weighted by molar-refractivity contribution is -0.0253. The van der Waals surface area contributed by atoms with Crippen LogP contribution in [-0.2, 0) is 23.2 Å². The highest BCUT2D eigenvalue weighted by Gasteiger charge is 2.48. The first-order valence-electron chi connectivity index (χ1n) is 10.5. The predicted molar refractivity (Wildman–Crippen MR) is 126 cm³/mol. The zero-order chi connectivity index (χ0) is 20.8. The third-order valence-corrected chi connectivity index (χ3v) is 7.28. The molecule has 1 fully saturated rings. The highest BCUT2D eigenvalue weighted by molar-refractivity contribution is 5.85. The van der Waals surface area contributed by atoms with Crippen LogP contribution in [0.4, 0.5) is 14.5 Å². The first kappa shape index (κ1) is 25.9. The van der Waals surface area contributed by atoms with Crippen LogP contribution in [-0.4, -0.2) is 30.1 Å². The van der Waals surface area contributed by atoms with Crippen LogP contribution in [0.1, 0.15) is 43.9 Å². The van der Waals surface area contributed by atoms with Gasteiger partial charge in [-0.25, -0.2) is 8.78 Å². The largest absolute Gasteiger partial charge is 0.398 e. The van der Waals surface area contributed by atoms with E-state index < -0.39 is 11.6 Å². The zero-order valence-electron chi connectivity index (χ0n) is 18.2. The van der Waals surface area contributed by atoms with Gasteiger partial charge in [0.15, 0.2) is 0 Å². The van der Waals surface area contributed by atoms with Gasteiger partial charge in [0.2, 0.25) is 0 Å². The number of piperidine rings is 1. The van der Waals surface area contributed by atoms with E-state index in [-0.39, 0.29) is 48.5 Å². The number of likely N-dealkylation sites (tertiary alicyclic amines) is 1. The second-order valence-electron chi connectivity index (χ2n) is 8.92. The summed E-state index contributed by atoms with van der Waals surface area (Å²) < 4.78 is 33.6. The minimum Gasteiger partial charge on any atom is -0.398 e. The van der Waals surface area contributed by atoms with E-state index in [4.69, 9.17) is 10.5 Å². The van der Waals surface area contributed by atoms with Gasteiger partial charge in [-0.2, -0.15) is 0 Å². The minimum atomic E-state index is -0.557. The van der Waals surface area contributed by atoms with Crippen molar-refractivity contribution >= 4 is 30.5 Å². The molecule has 0 radical (unpaired) electrons. The van der Waals surface area contributed by atoms with E-state index in [1.54, 1.807) is 0 Å². The van der Waals surface area contributed by atoms with Crippen molar-refractivity contribution in [2.45, 2.75) is 57.8 Å². The quantitative estimate of drug-likeness (QED) is 0.582. The molecule has 1 heterocycles. The van der Waals surface area contributed by atoms with Crippen molar-refractivity contribution in [3.05, 3.63) is 64.7 Å². The molecule has 2 aromatic carbocycles. The number of anilines is 1. The molecule has 7 heteroatoms. The summed E-state index contributed by atoms with van der Waals surface area (Å²) in [6.07, 6.45) is 1.88. The molecule has 1 saturated heterocycles. The SMILES string of the molecule is CC(CN1CC[C@]2(C)c3cccc(N)c3C[C@@H]1[C@H]2C)OCc1c(F)cccc1F.Cl.Cl. The van der Waals surface area contributed by atoms with E-state index in [0.717, 1.165) is 31.6 Å². The summed E-state index contributed by atoms with van der Waals surface area (Å²) in [5.41, 5.74) is 10.0. The van der Waals surface area contributed by atoms with Crippen molar-refractivity contribution in [3.63, 3.8) is 0 Å². The molecule has 0 aromatic heterocycles. The maximum atomic E-state index is 13.9. The number of rotatable bonds is 5. The summed E-state index contributed by atoms with van der Waals surface area (Å²) in [5, 5.41) is 0. The van der Waals surface area contributed by atoms with Crippen LogP contribution in [0.3, 0.4) is 0 Å². The maximum absolute atomic E-state index is 13.9. The first-order chi connectivity index (χ1) is 13.8. The van der Waals surface area contributed by atoms with Crippen LogP contribution in [0.5, 0.6) is 0 Å². The molecule has 2 aliphatic rings. The molecule has 4 atom stereocenters. The summed E-state index contributed by atoms with van der Waals surface area (Å²) >= 11 is 0. The third kappa shape index (κ3) is 4.70. The molecule has 1 aliphatic carbocycles. The highest BCUT2D eigenvalue weighted by atomic mass is 35.5. The second-order valence-corrected chi connectivity index (χ2v) is 8.92. The van der Waals surface area contributed by atoms with Gasteiger partial charge in [0.25, 0.3) is 0 Å². The fraction of sp³-hybridized carbons (Fsp3) is 0.500. The number of nitrogens with two attached hydrogens (primary N) is 1. The van der Waals surface area contributed by atoms with E-state index in [2.05, 4.69) is 30.9 Å². The van der Waals surface area contributed by atoms with Crippen LogP contribution >= 0.6 is 24.8 Å². The Morgan fingerprint density at radius 3 is 2.48 bits per heavy atom. The zero-order valence-corrected chi connectivity index (χ0v) is 19.9. The van der Waals surface area contributed by atoms with Crippen molar-refractivity contribution in [2.75, 3.05) is 18.8 Å². The summed E-state index contributed by atoms with van der Waals surface area (Å²) in [5.74, 6) is -0.611. The van der Waals surface area contributed by atoms with Gasteiger partial charge in [-0.1, -0.05) is 32.0 Å². The lowest BCUT2D eigenvalue weighted by Gasteiger charge is -2.55. The van der Waals surface area contributed by atoms with Gasteiger partial charge in [0.05, 0.1) is 12.7 Å². The maximum Gasteiger partial charge on any atom is 0.131 e. The van der Waals surface area contributed by atoms with Crippen LogP contribution in [0.2, 0.25) is 0 Å². The van der Waals surface area contributed by atoms with Gasteiger partial charge < -0.3 is 10.5 Å². The molecule has 2 aromatic rings. The predicted octanol–water partition coefficient (Wildman–Crippen LogP) is 5.52. The molecule has 1 aliphatic heterocycles. The van der Waals surface area contributed by atoms with E-state index in [0.29, 0.717) is 12.0 Å². The second kappa shape index (κ2) is 10.0. The topological polar surface area (TPSA) is 38.5 Å². The molecule has 3 nitrogen and oxygen atoms in total. The Bertz CT molecular complexity index is 893. The Kier molecular flexibility index (Phi) is 8.37. The standard InChI is InChI=1S/C24H30F2N2O.2ClH/c1-15(29-14-18-20(25)7-5-8-21(18)26)13-28-11-10-24(3)16(2)23(28)12-17-19(24)6-4-9-22(17)27;;/h4-9,15-16,23H,10-14,27H2,1-3H3;2*1H/t15?,16-,23-,24+;;/m1../s1. The Hall–Kier alpha value is -1.40. The fourth-order valence-electron chi connectivity index (χ4n) is 5.28. The molecule has 2 bridgehead atoms. The average molecular weight is 473 g/mol. The van der Waals surface area contributed by atoms with Crippen molar-refractivity contribution in [1.29, 1.82) is 0 Å². The minimum absolute atomic E-state index is 0. The molecule has 0 amide bonds. The third-order valence-electron chi connectivity index (χ3n) is 7.28. The molecule has 0 saturated carbocycles. The average Bonchev–Trinajstić information content (AvgIpc) is 2.67. The van der Waals surface area contributed by atoms with Crippen molar-refractivity contribution in [3.8, 4) is 0 Å². The monoisotopic (exact) mass is 472 g/mol. The van der Waals surface area contributed by atoms with E-state index in [9.17, 15) is 8.78 Å². The Labute approximate surface area is 196 Å². The van der Waals surface area contributed by atoms with E-state index >= 15 is 0 Å². The molecule has 2 N–H and O–H groups in total. The highest BCUT2D eigenvalue weighted by Crippen LogP contribution is 2.49. The lowest BCUT2D eigenvalue weighted by atomic mass is 9.59. The summed E-state index contributed by atoms with van der Waals surface area (Å²) in [6.45, 7) is 8.35. The Morgan fingerprint density at radius 1 is 1.16 bits per heavy atom. The number of benzene rings is 2. The van der Waals surface area contributed by atoms with Gasteiger partial charge in [-0.15, -0.1) is 24.8 Å². The molecular weight excluding hydrogens is 441 g/mol. The number of fused-ring (bicyclic) bond motifs is 4. The smallest absolute Gasteiger partial charge is 0.131 e. The van der Waals surface area contributed by atoms with Gasteiger partial charge >= 0.3 is 0 Å². The van der Waals surface area contributed by atoms with Crippen LogP contribution in [0, 0.1) is 17.6 Å². The van der Waals surface area contributed by atoms with Crippen molar-refractivity contribution < 1.29 is 13.5 Å². The van der Waals surface area contributed by atoms with Crippen LogP contribution < -0.4 is 5.73 Å². The molecule has 0 spiro atoms. The Balaban J connectivity index is 0.00000171. The first-order valence-corrected chi connectivity index (χ1v) is 10.5. The van der Waals surface area contributed by atoms with Gasteiger partial charge in [0.1, 0.15) is 11.6 Å². The van der Waals surface area contributed by atoms with E-state index in [1.165, 1.54) is 29.3 Å². The Morgan fingerprint density at radius 2 is 1.81 bits per heavy atom. The summed E-state index contributed by atoms with van der Waals surface area (Å²) in [7, 11) is 0. The van der Waals surface area contributed by atoms with Gasteiger partial charge in [0, 0.05) is 23.8 Å². The number of nitrogens with zero attached hydrogens (tertiary/aromatic N) is 1. The molecule has 172 valence electrons. The van der Waals surface area contributed by atoms with Gasteiger partial charge in [-0.3, -0.25) is 4.90 Å². The number of nitrogen functional groups attached to an aromatic ring is 1. The number of halogens is 4. The molecule has 4 rings (SSSR count). The summed E-state index contributed by atoms with van der Waals surface area (Å²) in [6, 6.07) is 10.6. The summed E-state index contributed by atoms with van der Waals surface area (Å²) in [4.78, 5) is 2.48. The van der Waals surface area contributed by atoms with E-state index in [1.807, 2.05) is 13.0 Å². The number of ether oxygens (including phenoxy) is 1. The lowest BCUT2D eigenvalue weighted by Crippen LogP contribution is -2.59. The molecular formula is C24H32Cl2F2N2O. The molecule has 31 heavy (non-hydrogen) atoms. The molecule has 1 unspecified atom stereocenters. The van der Waals surface area contributed by atoms with Crippen LogP contribution in [0.25, 0.3) is 0 Å². The van der Waals surface area contributed by atoms with Crippen molar-refractivity contribution in [1.82, 2.24) is 4.90 Å². The fourth-order valence-corrected chi connectivity index (χ4v) is 5.28.